The Kier molecular flexibility index (Phi) is 3.73. The maximum Gasteiger partial charge on any atom is 0.316 e. The number of halogens is 1. The molecule has 4 rings (SSSR count). The third kappa shape index (κ3) is 2.87. The molecule has 3 aromatic rings. The van der Waals surface area contributed by atoms with Crippen molar-refractivity contribution in [2.75, 3.05) is 24.6 Å². The number of aromatic amines is 1. The van der Waals surface area contributed by atoms with Crippen molar-refractivity contribution >= 4 is 38.4 Å². The van der Waals surface area contributed by atoms with E-state index in [0.717, 1.165) is 0 Å². The molecule has 1 saturated heterocycles. The third-order valence-corrected chi connectivity index (χ3v) is 6.02. The van der Waals surface area contributed by atoms with Gasteiger partial charge in [-0.25, -0.2) is 13.4 Å². The normalized spacial score (nSPS) is 17.1. The molecule has 11 heteroatoms. The predicted molar refractivity (Wildman–Crippen MR) is 89.0 cm³/mol. The first-order valence-electron chi connectivity index (χ1n) is 7.40. The summed E-state index contributed by atoms with van der Waals surface area (Å²) < 4.78 is 27.9. The van der Waals surface area contributed by atoms with Gasteiger partial charge in [0.25, 0.3) is 0 Å². The minimum atomic E-state index is -3.08. The molecule has 0 aromatic carbocycles. The smallest absolute Gasteiger partial charge is 0.316 e. The maximum absolute atomic E-state index is 12.4. The van der Waals surface area contributed by atoms with Crippen LogP contribution in [0.1, 0.15) is 10.7 Å². The Morgan fingerprint density at radius 1 is 1.32 bits per heavy atom. The molecule has 25 heavy (non-hydrogen) atoms. The fourth-order valence-corrected chi connectivity index (χ4v) is 4.09. The first-order valence-corrected chi connectivity index (χ1v) is 9.60. The number of H-pyrrole nitrogens is 1. The zero-order chi connectivity index (χ0) is 17.6. The average Bonchev–Trinajstić information content (AvgIpc) is 3.24. The van der Waals surface area contributed by atoms with Gasteiger partial charge in [0.15, 0.2) is 9.84 Å². The van der Waals surface area contributed by atoms with Crippen LogP contribution in [0.25, 0.3) is 22.4 Å². The lowest BCUT2D eigenvalue weighted by Gasteiger charge is -2.24. The lowest BCUT2D eigenvalue weighted by Crippen LogP contribution is -2.43. The van der Waals surface area contributed by atoms with E-state index >= 15 is 0 Å². The number of pyridine rings is 1. The first kappa shape index (κ1) is 16.0. The lowest BCUT2D eigenvalue weighted by atomic mass is 10.2. The molecule has 1 N–H and O–H groups in total. The van der Waals surface area contributed by atoms with E-state index in [0.29, 0.717) is 21.6 Å². The summed E-state index contributed by atoms with van der Waals surface area (Å²) in [5, 5.41) is 4.90. The number of amides is 1. The average molecular weight is 382 g/mol. The van der Waals surface area contributed by atoms with E-state index in [4.69, 9.17) is 16.1 Å². The number of hydrogen-bond donors (Lipinski definition) is 1. The van der Waals surface area contributed by atoms with Crippen molar-refractivity contribution in [1.29, 1.82) is 0 Å². The number of aromatic nitrogens is 4. The molecule has 0 aliphatic carbocycles. The van der Waals surface area contributed by atoms with Crippen molar-refractivity contribution < 1.29 is 17.7 Å². The largest absolute Gasteiger partial charge is 0.346 e. The monoisotopic (exact) mass is 381 g/mol. The van der Waals surface area contributed by atoms with Crippen LogP contribution in [0, 0.1) is 0 Å². The number of fused-ring (bicyclic) bond motifs is 1. The SMILES string of the molecule is O=C(c1nc(-c2cnc3[nH]ccc3c2Cl)no1)N1CCS(=O)(=O)CC1. The van der Waals surface area contributed by atoms with Gasteiger partial charge >= 0.3 is 11.8 Å². The fourth-order valence-electron chi connectivity index (χ4n) is 2.60. The number of carbonyl (C=O) groups is 1. The van der Waals surface area contributed by atoms with Gasteiger partial charge in [0.2, 0.25) is 5.82 Å². The van der Waals surface area contributed by atoms with Crippen molar-refractivity contribution in [3.8, 4) is 11.4 Å². The van der Waals surface area contributed by atoms with Crippen LogP contribution < -0.4 is 0 Å². The second-order valence-electron chi connectivity index (χ2n) is 5.59. The molecule has 0 saturated carbocycles. The molecule has 3 aromatic heterocycles. The highest BCUT2D eigenvalue weighted by atomic mass is 35.5. The molecule has 1 aliphatic heterocycles. The number of nitrogens with one attached hydrogen (secondary N) is 1. The van der Waals surface area contributed by atoms with Crippen LogP contribution in [-0.4, -0.2) is 63.9 Å². The van der Waals surface area contributed by atoms with E-state index in [-0.39, 0.29) is 36.3 Å². The Morgan fingerprint density at radius 3 is 2.84 bits per heavy atom. The molecular formula is C14H12ClN5O4S. The number of hydrogen-bond acceptors (Lipinski definition) is 7. The van der Waals surface area contributed by atoms with Crippen LogP contribution >= 0.6 is 11.6 Å². The molecular weight excluding hydrogens is 370 g/mol. The number of sulfone groups is 1. The van der Waals surface area contributed by atoms with Gasteiger partial charge in [-0.05, 0) is 6.07 Å². The highest BCUT2D eigenvalue weighted by molar-refractivity contribution is 7.91. The van der Waals surface area contributed by atoms with Gasteiger partial charge in [0.1, 0.15) is 5.65 Å². The Labute approximate surface area is 146 Å². The van der Waals surface area contributed by atoms with Gasteiger partial charge in [-0.1, -0.05) is 16.8 Å². The van der Waals surface area contributed by atoms with Gasteiger partial charge in [0.05, 0.1) is 22.1 Å². The van der Waals surface area contributed by atoms with Crippen LogP contribution in [0.15, 0.2) is 23.0 Å². The molecule has 4 heterocycles. The standard InChI is InChI=1S/C14H12ClN5O4S/c15-10-8-1-2-16-11(8)17-7-9(10)12-18-13(24-19-12)14(21)20-3-5-25(22,23)6-4-20/h1-2,7H,3-6H2,(H,16,17). The molecule has 9 nitrogen and oxygen atoms in total. The highest BCUT2D eigenvalue weighted by Gasteiger charge is 2.29. The van der Waals surface area contributed by atoms with Crippen molar-refractivity contribution in [3.05, 3.63) is 29.4 Å². The van der Waals surface area contributed by atoms with E-state index in [1.54, 1.807) is 12.3 Å². The highest BCUT2D eigenvalue weighted by Crippen LogP contribution is 2.31. The van der Waals surface area contributed by atoms with Gasteiger partial charge in [-0.2, -0.15) is 4.98 Å². The van der Waals surface area contributed by atoms with E-state index < -0.39 is 15.7 Å². The van der Waals surface area contributed by atoms with Crippen LogP contribution in [0.2, 0.25) is 5.02 Å². The number of nitrogens with zero attached hydrogens (tertiary/aromatic N) is 4. The summed E-state index contributed by atoms with van der Waals surface area (Å²) in [6, 6.07) is 1.77. The van der Waals surface area contributed by atoms with E-state index in [9.17, 15) is 13.2 Å². The van der Waals surface area contributed by atoms with Crippen molar-refractivity contribution in [3.63, 3.8) is 0 Å². The van der Waals surface area contributed by atoms with Gasteiger partial charge in [0, 0.05) is 30.9 Å². The second-order valence-corrected chi connectivity index (χ2v) is 8.27. The quantitative estimate of drug-likeness (QED) is 0.706. The Morgan fingerprint density at radius 2 is 2.08 bits per heavy atom. The summed E-state index contributed by atoms with van der Waals surface area (Å²) in [6.45, 7) is 0.215. The maximum atomic E-state index is 12.4. The molecule has 0 atom stereocenters. The lowest BCUT2D eigenvalue weighted by molar-refractivity contribution is 0.0720. The molecule has 0 bridgehead atoms. The summed E-state index contributed by atoms with van der Waals surface area (Å²) in [5.41, 5.74) is 1.07. The van der Waals surface area contributed by atoms with E-state index in [1.165, 1.54) is 11.1 Å². The van der Waals surface area contributed by atoms with Crippen LogP contribution in [-0.2, 0) is 9.84 Å². The Bertz CT molecular complexity index is 1060. The van der Waals surface area contributed by atoms with Crippen molar-refractivity contribution in [2.45, 2.75) is 0 Å². The minimum Gasteiger partial charge on any atom is -0.346 e. The minimum absolute atomic E-state index is 0.0698. The van der Waals surface area contributed by atoms with Gasteiger partial charge in [-0.3, -0.25) is 4.79 Å². The van der Waals surface area contributed by atoms with E-state index in [2.05, 4.69) is 20.1 Å². The van der Waals surface area contributed by atoms with Gasteiger partial charge < -0.3 is 14.4 Å². The molecule has 1 amide bonds. The van der Waals surface area contributed by atoms with Crippen molar-refractivity contribution in [1.82, 2.24) is 25.0 Å². The molecule has 1 fully saturated rings. The summed E-state index contributed by atoms with van der Waals surface area (Å²) in [6.07, 6.45) is 3.21. The molecule has 0 spiro atoms. The third-order valence-electron chi connectivity index (χ3n) is 4.00. The fraction of sp³-hybridized carbons (Fsp3) is 0.286. The summed E-state index contributed by atoms with van der Waals surface area (Å²) in [5.74, 6) is -0.701. The second kappa shape index (κ2) is 5.81. The molecule has 130 valence electrons. The zero-order valence-electron chi connectivity index (χ0n) is 12.8. The van der Waals surface area contributed by atoms with Crippen LogP contribution in [0.4, 0.5) is 0 Å². The number of rotatable bonds is 2. The topological polar surface area (TPSA) is 122 Å². The summed E-state index contributed by atoms with van der Waals surface area (Å²) in [7, 11) is -3.08. The number of carbonyl (C=O) groups excluding carboxylic acids is 1. The van der Waals surface area contributed by atoms with E-state index in [1.807, 2.05) is 0 Å². The molecule has 0 unspecified atom stereocenters. The summed E-state index contributed by atoms with van der Waals surface area (Å²) >= 11 is 6.34. The van der Waals surface area contributed by atoms with Crippen LogP contribution in [0.5, 0.6) is 0 Å². The van der Waals surface area contributed by atoms with Crippen LogP contribution in [0.3, 0.4) is 0 Å². The van der Waals surface area contributed by atoms with Crippen molar-refractivity contribution in [2.24, 2.45) is 0 Å². The first-order chi connectivity index (χ1) is 11.9. The Hall–Kier alpha value is -2.46. The zero-order valence-corrected chi connectivity index (χ0v) is 14.3. The summed E-state index contributed by atoms with van der Waals surface area (Å²) in [4.78, 5) is 25.0. The predicted octanol–water partition coefficient (Wildman–Crippen LogP) is 1.14. The molecule has 1 aliphatic rings. The van der Waals surface area contributed by atoms with Gasteiger partial charge in [-0.15, -0.1) is 0 Å². The Balaban J connectivity index is 1.61. The molecule has 0 radical (unpaired) electrons.